The molecule has 1 aliphatic rings. The molecule has 0 radical (unpaired) electrons. The molecule has 0 spiro atoms. The van der Waals surface area contributed by atoms with Crippen molar-refractivity contribution in [1.29, 1.82) is 0 Å². The van der Waals surface area contributed by atoms with Crippen LogP contribution in [0, 0.1) is 0 Å². The largest absolute Gasteiger partial charge is 0.328 e. The van der Waals surface area contributed by atoms with Crippen molar-refractivity contribution >= 4 is 10.8 Å². The van der Waals surface area contributed by atoms with E-state index in [9.17, 15) is 4.79 Å². The van der Waals surface area contributed by atoms with E-state index >= 15 is 0 Å². The van der Waals surface area contributed by atoms with Gasteiger partial charge in [0.2, 0.25) is 0 Å². The van der Waals surface area contributed by atoms with E-state index in [0.29, 0.717) is 0 Å². The van der Waals surface area contributed by atoms with Gasteiger partial charge in [-0.15, -0.1) is 0 Å². The van der Waals surface area contributed by atoms with Crippen LogP contribution in [0.25, 0.3) is 10.8 Å². The molecule has 1 N–H and O–H groups in total. The molecule has 2 heteroatoms. The Bertz CT molecular complexity index is 543. The molecule has 1 aromatic carbocycles. The van der Waals surface area contributed by atoms with Gasteiger partial charge < -0.3 is 4.98 Å². The number of aromatic amines is 1. The van der Waals surface area contributed by atoms with Gasteiger partial charge in [-0.05, 0) is 41.8 Å². The molecule has 0 fully saturated rings. The molecular formula is C12H11NO. The first-order valence-corrected chi connectivity index (χ1v) is 4.98. The smallest absolute Gasteiger partial charge is 0.255 e. The Balaban J connectivity index is 2.57. The van der Waals surface area contributed by atoms with Gasteiger partial charge in [0.05, 0.1) is 0 Å². The highest BCUT2D eigenvalue weighted by molar-refractivity contribution is 5.88. The molecule has 0 atom stereocenters. The van der Waals surface area contributed by atoms with Gasteiger partial charge in [-0.1, -0.05) is 12.1 Å². The van der Waals surface area contributed by atoms with E-state index in [2.05, 4.69) is 11.1 Å². The van der Waals surface area contributed by atoms with Crippen LogP contribution in [0.5, 0.6) is 0 Å². The molecule has 0 unspecified atom stereocenters. The Kier molecular flexibility index (Phi) is 1.51. The van der Waals surface area contributed by atoms with Crippen molar-refractivity contribution < 1.29 is 0 Å². The van der Waals surface area contributed by atoms with E-state index in [1.807, 2.05) is 18.3 Å². The summed E-state index contributed by atoms with van der Waals surface area (Å²) < 4.78 is 0. The topological polar surface area (TPSA) is 32.9 Å². The molecule has 70 valence electrons. The molecule has 0 aliphatic heterocycles. The fourth-order valence-electron chi connectivity index (χ4n) is 2.35. The Hall–Kier alpha value is -1.57. The maximum Gasteiger partial charge on any atom is 0.255 e. The van der Waals surface area contributed by atoms with Crippen LogP contribution < -0.4 is 5.56 Å². The van der Waals surface area contributed by atoms with Crippen LogP contribution in [-0.4, -0.2) is 4.98 Å². The Morgan fingerprint density at radius 2 is 2.00 bits per heavy atom. The first-order valence-electron chi connectivity index (χ1n) is 4.98. The molecule has 0 amide bonds. The molecular weight excluding hydrogens is 174 g/mol. The lowest BCUT2D eigenvalue weighted by atomic mass is 9.90. The quantitative estimate of drug-likeness (QED) is 0.669. The van der Waals surface area contributed by atoms with Gasteiger partial charge >= 0.3 is 0 Å². The maximum absolute atomic E-state index is 11.6. The fourth-order valence-corrected chi connectivity index (χ4v) is 2.35. The summed E-state index contributed by atoms with van der Waals surface area (Å²) in [6.45, 7) is 0. The average Bonchev–Trinajstić information content (AvgIpc) is 2.24. The summed E-state index contributed by atoms with van der Waals surface area (Å²) in [6, 6.07) is 6.01. The van der Waals surface area contributed by atoms with Crippen LogP contribution in [0.1, 0.15) is 17.5 Å². The van der Waals surface area contributed by atoms with Crippen molar-refractivity contribution in [2.45, 2.75) is 19.3 Å². The van der Waals surface area contributed by atoms with Crippen molar-refractivity contribution in [2.75, 3.05) is 0 Å². The summed E-state index contributed by atoms with van der Waals surface area (Å²) >= 11 is 0. The highest BCUT2D eigenvalue weighted by Crippen LogP contribution is 2.26. The van der Waals surface area contributed by atoms with E-state index in [1.165, 1.54) is 22.9 Å². The lowest BCUT2D eigenvalue weighted by Gasteiger charge is -2.15. The van der Waals surface area contributed by atoms with Crippen molar-refractivity contribution in [3.05, 3.63) is 45.9 Å². The Morgan fingerprint density at radius 3 is 2.93 bits per heavy atom. The number of aromatic nitrogens is 1. The van der Waals surface area contributed by atoms with Gasteiger partial charge in [0, 0.05) is 11.6 Å². The summed E-state index contributed by atoms with van der Waals surface area (Å²) in [4.78, 5) is 14.4. The van der Waals surface area contributed by atoms with E-state index in [4.69, 9.17) is 0 Å². The highest BCUT2D eigenvalue weighted by Gasteiger charge is 2.13. The van der Waals surface area contributed by atoms with Crippen LogP contribution in [0.2, 0.25) is 0 Å². The minimum absolute atomic E-state index is 0.0347. The first-order chi connectivity index (χ1) is 6.86. The molecule has 0 saturated carbocycles. The van der Waals surface area contributed by atoms with Crippen LogP contribution >= 0.6 is 0 Å². The number of hydrogen-bond acceptors (Lipinski definition) is 1. The van der Waals surface area contributed by atoms with Crippen molar-refractivity contribution in [3.8, 4) is 0 Å². The van der Waals surface area contributed by atoms with E-state index in [0.717, 1.165) is 18.2 Å². The summed E-state index contributed by atoms with van der Waals surface area (Å²) in [5, 5.41) is 2.04. The Labute approximate surface area is 81.6 Å². The van der Waals surface area contributed by atoms with Gasteiger partial charge in [-0.2, -0.15) is 0 Å². The lowest BCUT2D eigenvalue weighted by Crippen LogP contribution is -2.11. The third kappa shape index (κ3) is 0.939. The molecule has 1 aromatic heterocycles. The maximum atomic E-state index is 11.6. The molecule has 2 nitrogen and oxygen atoms in total. The van der Waals surface area contributed by atoms with Gasteiger partial charge in [0.1, 0.15) is 0 Å². The normalized spacial score (nSPS) is 14.6. The monoisotopic (exact) mass is 185 g/mol. The van der Waals surface area contributed by atoms with E-state index in [1.54, 1.807) is 0 Å². The third-order valence-corrected chi connectivity index (χ3v) is 2.99. The molecule has 14 heavy (non-hydrogen) atoms. The molecule has 0 saturated heterocycles. The molecule has 3 rings (SSSR count). The first kappa shape index (κ1) is 7.80. The second kappa shape index (κ2) is 2.71. The predicted molar refractivity (Wildman–Crippen MR) is 56.6 cm³/mol. The lowest BCUT2D eigenvalue weighted by molar-refractivity contribution is 0.803. The minimum Gasteiger partial charge on any atom is -0.328 e. The number of pyridine rings is 1. The van der Waals surface area contributed by atoms with Crippen LogP contribution in [-0.2, 0) is 12.8 Å². The number of H-pyrrole nitrogens is 1. The van der Waals surface area contributed by atoms with Gasteiger partial charge in [0.25, 0.3) is 5.56 Å². The second-order valence-electron chi connectivity index (χ2n) is 3.84. The average molecular weight is 185 g/mol. The third-order valence-electron chi connectivity index (χ3n) is 2.99. The highest BCUT2D eigenvalue weighted by atomic mass is 16.1. The van der Waals surface area contributed by atoms with Crippen molar-refractivity contribution in [1.82, 2.24) is 4.98 Å². The zero-order valence-electron chi connectivity index (χ0n) is 7.84. The summed E-state index contributed by atoms with van der Waals surface area (Å²) in [5.74, 6) is 0. The van der Waals surface area contributed by atoms with Gasteiger partial charge in [-0.3, -0.25) is 4.79 Å². The summed E-state index contributed by atoms with van der Waals surface area (Å²) in [5.41, 5.74) is 2.66. The van der Waals surface area contributed by atoms with E-state index < -0.39 is 0 Å². The second-order valence-corrected chi connectivity index (χ2v) is 3.84. The summed E-state index contributed by atoms with van der Waals surface area (Å²) in [6.07, 6.45) is 5.25. The van der Waals surface area contributed by atoms with Gasteiger partial charge in [-0.25, -0.2) is 0 Å². The standard InChI is InChI=1S/C12H11NO/c14-12-10-6-2-4-8-3-1-5-9(7-13-12)11(8)10/h2,4,6-7H,1,3,5H2,(H,13,14). The van der Waals surface area contributed by atoms with Gasteiger partial charge in [0.15, 0.2) is 0 Å². The predicted octanol–water partition coefficient (Wildman–Crippen LogP) is 2.02. The van der Waals surface area contributed by atoms with Crippen molar-refractivity contribution in [2.24, 2.45) is 0 Å². The zero-order valence-corrected chi connectivity index (χ0v) is 7.84. The van der Waals surface area contributed by atoms with E-state index in [-0.39, 0.29) is 5.56 Å². The van der Waals surface area contributed by atoms with Crippen LogP contribution in [0.4, 0.5) is 0 Å². The SMILES string of the molecule is O=c1[nH]cc2c3c(cccc13)CCC2. The molecule has 1 aliphatic carbocycles. The van der Waals surface area contributed by atoms with Crippen LogP contribution in [0.3, 0.4) is 0 Å². The minimum atomic E-state index is 0.0347. The fraction of sp³-hybridized carbons (Fsp3) is 0.250. The Morgan fingerprint density at radius 1 is 1.14 bits per heavy atom. The zero-order chi connectivity index (χ0) is 9.54. The summed E-state index contributed by atoms with van der Waals surface area (Å²) in [7, 11) is 0. The molecule has 1 heterocycles. The number of benzene rings is 1. The number of hydrogen-bond donors (Lipinski definition) is 1. The van der Waals surface area contributed by atoms with Crippen molar-refractivity contribution in [3.63, 3.8) is 0 Å². The number of rotatable bonds is 0. The molecule has 0 bridgehead atoms. The van der Waals surface area contributed by atoms with Crippen LogP contribution in [0.15, 0.2) is 29.2 Å². The number of aryl methyl sites for hydroxylation is 2. The molecule has 2 aromatic rings. The number of nitrogens with one attached hydrogen (secondary N) is 1.